The number of aromatic nitrogens is 2. The molecular formula is C9H10N2O5. The van der Waals surface area contributed by atoms with Crippen molar-refractivity contribution in [1.29, 1.82) is 0 Å². The highest BCUT2D eigenvalue weighted by Crippen LogP contribution is 2.20. The largest absolute Gasteiger partial charge is 0.477 e. The van der Waals surface area contributed by atoms with Gasteiger partial charge in [0.25, 0.3) is 17.5 Å². The Morgan fingerprint density at radius 2 is 1.75 bits per heavy atom. The van der Waals surface area contributed by atoms with Crippen molar-refractivity contribution in [3.8, 4) is 11.8 Å². The molecule has 1 rings (SSSR count). The second-order valence-electron chi connectivity index (χ2n) is 2.59. The molecule has 0 unspecified atom stereocenters. The highest BCUT2D eigenvalue weighted by Gasteiger charge is 2.21. The van der Waals surface area contributed by atoms with E-state index in [4.69, 9.17) is 9.47 Å². The smallest absolute Gasteiger partial charge is 0.381 e. The number of ether oxygens (including phenoxy) is 3. The number of ketones is 1. The van der Waals surface area contributed by atoms with Crippen molar-refractivity contribution in [3.63, 3.8) is 0 Å². The molecule has 0 aromatic carbocycles. The van der Waals surface area contributed by atoms with Crippen molar-refractivity contribution in [2.45, 2.75) is 0 Å². The van der Waals surface area contributed by atoms with Gasteiger partial charge in [-0.05, 0) is 0 Å². The third-order valence-electron chi connectivity index (χ3n) is 1.70. The first-order valence-corrected chi connectivity index (χ1v) is 4.21. The molecule has 0 fully saturated rings. The van der Waals surface area contributed by atoms with Gasteiger partial charge in [0.05, 0.1) is 27.5 Å². The minimum absolute atomic E-state index is 0.0252. The molecule has 0 aliphatic carbocycles. The van der Waals surface area contributed by atoms with Gasteiger partial charge in [-0.3, -0.25) is 4.79 Å². The maximum Gasteiger partial charge on any atom is 0.381 e. The van der Waals surface area contributed by atoms with E-state index >= 15 is 0 Å². The first-order chi connectivity index (χ1) is 7.63. The zero-order valence-corrected chi connectivity index (χ0v) is 9.01. The van der Waals surface area contributed by atoms with E-state index in [-0.39, 0.29) is 17.5 Å². The summed E-state index contributed by atoms with van der Waals surface area (Å²) < 4.78 is 13.9. The monoisotopic (exact) mass is 226 g/mol. The van der Waals surface area contributed by atoms with Gasteiger partial charge < -0.3 is 14.2 Å². The molecule has 0 amide bonds. The third kappa shape index (κ3) is 2.25. The van der Waals surface area contributed by atoms with E-state index in [1.807, 2.05) is 0 Å². The number of hydrogen-bond donors (Lipinski definition) is 0. The molecule has 0 spiro atoms. The van der Waals surface area contributed by atoms with E-state index in [1.165, 1.54) is 14.2 Å². The predicted octanol–water partition coefficient (Wildman–Crippen LogP) is -0.151. The van der Waals surface area contributed by atoms with Gasteiger partial charge in [0.15, 0.2) is 0 Å². The fourth-order valence-corrected chi connectivity index (χ4v) is 0.941. The molecular weight excluding hydrogens is 216 g/mol. The lowest BCUT2D eigenvalue weighted by atomic mass is 10.3. The van der Waals surface area contributed by atoms with Crippen LogP contribution in [0.25, 0.3) is 0 Å². The summed E-state index contributed by atoms with van der Waals surface area (Å²) >= 11 is 0. The summed E-state index contributed by atoms with van der Waals surface area (Å²) in [6.45, 7) is 0. The van der Waals surface area contributed by atoms with Crippen LogP contribution in [0.5, 0.6) is 11.8 Å². The molecule has 86 valence electrons. The van der Waals surface area contributed by atoms with E-state index < -0.39 is 11.8 Å². The van der Waals surface area contributed by atoms with Crippen LogP contribution in [0.2, 0.25) is 0 Å². The Morgan fingerprint density at radius 1 is 1.12 bits per heavy atom. The molecule has 0 saturated carbocycles. The minimum atomic E-state index is -1.01. The average Bonchev–Trinajstić information content (AvgIpc) is 2.35. The predicted molar refractivity (Wildman–Crippen MR) is 51.5 cm³/mol. The number of carbonyl (C=O) groups is 2. The van der Waals surface area contributed by atoms with Crippen LogP contribution in [0.1, 0.15) is 10.5 Å². The van der Waals surface area contributed by atoms with Crippen LogP contribution in [0, 0.1) is 0 Å². The van der Waals surface area contributed by atoms with Crippen LogP contribution in [0.3, 0.4) is 0 Å². The fourth-order valence-electron chi connectivity index (χ4n) is 0.941. The molecule has 16 heavy (non-hydrogen) atoms. The lowest BCUT2D eigenvalue weighted by molar-refractivity contribution is -0.135. The summed E-state index contributed by atoms with van der Waals surface area (Å²) in [5.41, 5.74) is -0.162. The molecule has 0 N–H and O–H groups in total. The fraction of sp³-hybridized carbons (Fsp3) is 0.333. The number of nitrogens with zero attached hydrogens (tertiary/aromatic N) is 2. The molecule has 7 heteroatoms. The second-order valence-corrected chi connectivity index (χ2v) is 2.59. The second kappa shape index (κ2) is 5.06. The van der Waals surface area contributed by atoms with Gasteiger partial charge in [-0.1, -0.05) is 0 Å². The molecule has 0 aliphatic rings. The molecule has 0 aliphatic heterocycles. The Morgan fingerprint density at radius 3 is 2.25 bits per heavy atom. The molecule has 1 aromatic rings. The van der Waals surface area contributed by atoms with Gasteiger partial charge in [0.1, 0.15) is 5.69 Å². The lowest BCUT2D eigenvalue weighted by Crippen LogP contribution is -2.17. The zero-order chi connectivity index (χ0) is 12.1. The first-order valence-electron chi connectivity index (χ1n) is 4.21. The van der Waals surface area contributed by atoms with Crippen molar-refractivity contribution in [1.82, 2.24) is 9.97 Å². The Kier molecular flexibility index (Phi) is 3.76. The summed E-state index contributed by atoms with van der Waals surface area (Å²) in [6, 6.07) is 0. The summed E-state index contributed by atoms with van der Waals surface area (Å²) in [4.78, 5) is 29.9. The number of rotatable bonds is 4. The Bertz CT molecular complexity index is 418. The highest BCUT2D eigenvalue weighted by atomic mass is 16.5. The lowest BCUT2D eigenvalue weighted by Gasteiger charge is -2.05. The van der Waals surface area contributed by atoms with Gasteiger partial charge in [-0.15, -0.1) is 0 Å². The molecule has 1 heterocycles. The van der Waals surface area contributed by atoms with E-state index in [0.717, 1.165) is 13.3 Å². The summed E-state index contributed by atoms with van der Waals surface area (Å²) in [7, 11) is 3.84. The number of carbonyl (C=O) groups excluding carboxylic acids is 2. The standard InChI is InChI=1S/C9H10N2O5/c1-14-7-8(15-2)11-5(4-10-7)6(12)9(13)16-3/h4H,1-3H3. The number of esters is 1. The number of Topliss-reactive ketones (excluding diaryl/α,β-unsaturated/α-hetero) is 1. The highest BCUT2D eigenvalue weighted by molar-refractivity contribution is 6.40. The van der Waals surface area contributed by atoms with Crippen LogP contribution in [-0.4, -0.2) is 43.0 Å². The van der Waals surface area contributed by atoms with E-state index in [9.17, 15) is 9.59 Å². The van der Waals surface area contributed by atoms with Crippen LogP contribution in [-0.2, 0) is 9.53 Å². The molecule has 0 saturated heterocycles. The maximum atomic E-state index is 11.4. The molecule has 7 nitrogen and oxygen atoms in total. The van der Waals surface area contributed by atoms with Gasteiger partial charge in [-0.25, -0.2) is 14.8 Å². The summed E-state index contributed by atoms with van der Waals surface area (Å²) in [5.74, 6) is -1.75. The van der Waals surface area contributed by atoms with Gasteiger partial charge in [0.2, 0.25) is 0 Å². The average molecular weight is 226 g/mol. The topological polar surface area (TPSA) is 87.6 Å². The van der Waals surface area contributed by atoms with Crippen LogP contribution in [0.15, 0.2) is 6.20 Å². The van der Waals surface area contributed by atoms with Crippen molar-refractivity contribution in [2.24, 2.45) is 0 Å². The SMILES string of the molecule is COC(=O)C(=O)c1cnc(OC)c(OC)n1. The Labute approximate surface area is 91.4 Å². The maximum absolute atomic E-state index is 11.4. The quantitative estimate of drug-likeness (QED) is 0.400. The summed E-state index contributed by atoms with van der Waals surface area (Å²) in [6.07, 6.45) is 1.11. The van der Waals surface area contributed by atoms with Crippen LogP contribution in [0.4, 0.5) is 0 Å². The molecule has 1 aromatic heterocycles. The molecule has 0 radical (unpaired) electrons. The van der Waals surface area contributed by atoms with Crippen molar-refractivity contribution in [2.75, 3.05) is 21.3 Å². The normalized spacial score (nSPS) is 9.44. The number of methoxy groups -OCH3 is 3. The van der Waals surface area contributed by atoms with Gasteiger partial charge >= 0.3 is 5.97 Å². The van der Waals surface area contributed by atoms with Gasteiger partial charge in [-0.2, -0.15) is 0 Å². The van der Waals surface area contributed by atoms with Crippen molar-refractivity contribution >= 4 is 11.8 Å². The Hall–Kier alpha value is -2.18. The summed E-state index contributed by atoms with van der Waals surface area (Å²) in [5, 5.41) is 0. The van der Waals surface area contributed by atoms with E-state index in [0.29, 0.717) is 0 Å². The number of hydrogen-bond acceptors (Lipinski definition) is 7. The van der Waals surface area contributed by atoms with Crippen LogP contribution < -0.4 is 9.47 Å². The van der Waals surface area contributed by atoms with Crippen LogP contribution >= 0.6 is 0 Å². The Balaban J connectivity index is 3.08. The van der Waals surface area contributed by atoms with Crippen molar-refractivity contribution < 1.29 is 23.8 Å². The minimum Gasteiger partial charge on any atom is -0.477 e. The third-order valence-corrected chi connectivity index (χ3v) is 1.70. The zero-order valence-electron chi connectivity index (χ0n) is 9.01. The first kappa shape index (κ1) is 11.9. The molecule has 0 atom stereocenters. The van der Waals surface area contributed by atoms with E-state index in [2.05, 4.69) is 14.7 Å². The van der Waals surface area contributed by atoms with Crippen molar-refractivity contribution in [3.05, 3.63) is 11.9 Å². The molecule has 0 bridgehead atoms. The van der Waals surface area contributed by atoms with Gasteiger partial charge in [0, 0.05) is 0 Å². The van der Waals surface area contributed by atoms with E-state index in [1.54, 1.807) is 0 Å².